The van der Waals surface area contributed by atoms with Crippen LogP contribution < -0.4 is 5.11 Å². The van der Waals surface area contributed by atoms with Gasteiger partial charge in [0.2, 0.25) is 0 Å². The molecule has 0 saturated carbocycles. The van der Waals surface area contributed by atoms with E-state index >= 15 is 0 Å². The first-order valence-corrected chi connectivity index (χ1v) is 2.71. The van der Waals surface area contributed by atoms with Crippen LogP contribution in [0.4, 0.5) is 0 Å². The van der Waals surface area contributed by atoms with E-state index in [0.717, 1.165) is 0 Å². The monoisotopic (exact) mass is 170 g/mol. The normalized spacial score (nSPS) is 33.1. The van der Waals surface area contributed by atoms with Crippen molar-refractivity contribution in [2.75, 3.05) is 27.5 Å². The van der Waals surface area contributed by atoms with E-state index in [4.69, 9.17) is 12.3 Å². The smallest absolute Gasteiger partial charge is 0.108 e. The van der Waals surface area contributed by atoms with Crippen LogP contribution in [-0.2, 0) is 4.79 Å². The Hall–Kier alpha value is -0.610. The van der Waals surface area contributed by atoms with Crippen molar-refractivity contribution in [2.45, 2.75) is 12.5 Å². The van der Waals surface area contributed by atoms with E-state index in [1.165, 1.54) is 0 Å². The summed E-state index contributed by atoms with van der Waals surface area (Å²) in [5.41, 5.74) is 0. The van der Waals surface area contributed by atoms with E-state index in [1.807, 2.05) is 0 Å². The van der Waals surface area contributed by atoms with Gasteiger partial charge in [-0.15, -0.1) is 0 Å². The van der Waals surface area contributed by atoms with Crippen molar-refractivity contribution < 1.29 is 31.8 Å². The number of carboxylic acids is 1. The van der Waals surface area contributed by atoms with E-state index < -0.39 is 43.4 Å². The lowest BCUT2D eigenvalue weighted by atomic mass is 10.2. The molecular weight excluding hydrogens is 146 g/mol. The first-order chi connectivity index (χ1) is 8.42. The molecule has 0 bridgehead atoms. The van der Waals surface area contributed by atoms with Gasteiger partial charge < -0.3 is 19.5 Å². The lowest BCUT2D eigenvalue weighted by Crippen LogP contribution is -2.43. The van der Waals surface area contributed by atoms with E-state index in [9.17, 15) is 15.0 Å². The number of carbonyl (C=O) groups excluding carboxylic acids is 1. The highest BCUT2D eigenvalue weighted by Crippen LogP contribution is 1.97. The van der Waals surface area contributed by atoms with E-state index in [-0.39, 0.29) is 0 Å². The molecule has 66 valence electrons. The molecule has 0 fully saturated rings. The molecule has 0 rings (SSSR count). The molecule has 0 aromatic heterocycles. The number of aliphatic hydroxyl groups is 1. The SMILES string of the molecule is [2H]C([2H])([2H])[N+](C)(C([2H])([2H])[2H])C([2H])([2H])[C@]([2H])(O)CC(=O)[O-]. The Morgan fingerprint density at radius 3 is 2.91 bits per heavy atom. The third kappa shape index (κ3) is 7.29. The molecule has 0 aliphatic carbocycles. The summed E-state index contributed by atoms with van der Waals surface area (Å²) in [5.74, 6) is -2.02. The molecule has 0 aromatic rings. The van der Waals surface area contributed by atoms with Gasteiger partial charge >= 0.3 is 0 Å². The van der Waals surface area contributed by atoms with Crippen LogP contribution in [0.1, 0.15) is 18.8 Å². The Morgan fingerprint density at radius 1 is 2.00 bits per heavy atom. The van der Waals surface area contributed by atoms with Gasteiger partial charge in [0.25, 0.3) is 0 Å². The van der Waals surface area contributed by atoms with E-state index in [0.29, 0.717) is 7.05 Å². The highest BCUT2D eigenvalue weighted by molar-refractivity contribution is 5.64. The third-order valence-corrected chi connectivity index (χ3v) is 0.664. The maximum absolute atomic E-state index is 10.4. The number of nitrogens with zero attached hydrogens (tertiary/aromatic N) is 1. The summed E-state index contributed by atoms with van der Waals surface area (Å²) in [5, 5.41) is 20.1. The van der Waals surface area contributed by atoms with Crippen LogP contribution in [0.2, 0.25) is 0 Å². The van der Waals surface area contributed by atoms with Crippen molar-refractivity contribution in [3.63, 3.8) is 0 Å². The summed E-state index contributed by atoms with van der Waals surface area (Å²) < 4.78 is 63.4. The maximum atomic E-state index is 10.4. The van der Waals surface area contributed by atoms with Crippen molar-refractivity contribution in [3.05, 3.63) is 0 Å². The van der Waals surface area contributed by atoms with Crippen LogP contribution in [0, 0.1) is 0 Å². The summed E-state index contributed by atoms with van der Waals surface area (Å²) in [7, 11) is 0.467. The predicted octanol–water partition coefficient (Wildman–Crippen LogP) is -1.81. The minimum absolute atomic E-state index is 0.467. The van der Waals surface area contributed by atoms with Gasteiger partial charge in [-0.3, -0.25) is 0 Å². The highest BCUT2D eigenvalue weighted by Gasteiger charge is 2.14. The molecule has 0 amide bonds. The number of quaternary nitrogens is 1. The highest BCUT2D eigenvalue weighted by atomic mass is 16.4. The van der Waals surface area contributed by atoms with Crippen LogP contribution in [-0.4, -0.2) is 49.1 Å². The van der Waals surface area contributed by atoms with Crippen LogP contribution in [0.5, 0.6) is 0 Å². The van der Waals surface area contributed by atoms with Gasteiger partial charge in [-0.1, -0.05) is 0 Å². The number of rotatable bonds is 4. The number of aliphatic carboxylic acids is 1. The van der Waals surface area contributed by atoms with Crippen molar-refractivity contribution in [3.8, 4) is 0 Å². The average molecular weight is 170 g/mol. The molecule has 1 N–H and O–H groups in total. The number of hydrogen-bond acceptors (Lipinski definition) is 3. The van der Waals surface area contributed by atoms with Crippen molar-refractivity contribution in [1.29, 1.82) is 0 Å². The van der Waals surface area contributed by atoms with Crippen molar-refractivity contribution in [1.82, 2.24) is 0 Å². The summed E-state index contributed by atoms with van der Waals surface area (Å²) in [4.78, 5) is 10.4. The van der Waals surface area contributed by atoms with Gasteiger partial charge in [0, 0.05) is 12.4 Å². The summed E-state index contributed by atoms with van der Waals surface area (Å²) in [6.45, 7) is -10.6. The molecule has 4 nitrogen and oxygen atoms in total. The second-order valence-electron chi connectivity index (χ2n) is 2.11. The number of likely N-dealkylation sites (N-methyl/N-ethyl adjacent to an activating group) is 1. The molecule has 0 unspecified atom stereocenters. The van der Waals surface area contributed by atoms with Crippen molar-refractivity contribution >= 4 is 5.97 Å². The molecule has 1 atom stereocenters. The standard InChI is InChI=1S/C7H15NO3/c1-8(2,3)5-6(9)4-7(10)11/h6,9H,4-5H2,1-3H3/t6-/m1/s1/i1D3,2D3,5D2,6D. The fourth-order valence-corrected chi connectivity index (χ4v) is 0.434. The van der Waals surface area contributed by atoms with Crippen LogP contribution in [0.3, 0.4) is 0 Å². The number of hydrogen-bond donors (Lipinski definition) is 1. The van der Waals surface area contributed by atoms with Gasteiger partial charge in [-0.2, -0.15) is 0 Å². The molecule has 0 aromatic carbocycles. The Bertz CT molecular complexity index is 372. The molecule has 11 heavy (non-hydrogen) atoms. The number of carbonyl (C=O) groups is 1. The fraction of sp³-hybridized carbons (Fsp3) is 0.857. The van der Waals surface area contributed by atoms with Gasteiger partial charge in [0.1, 0.15) is 12.6 Å². The predicted molar refractivity (Wildman–Crippen MR) is 38.5 cm³/mol. The summed E-state index contributed by atoms with van der Waals surface area (Å²) in [6.07, 6.45) is -5.09. The van der Waals surface area contributed by atoms with E-state index in [2.05, 4.69) is 0 Å². The quantitative estimate of drug-likeness (QED) is 0.506. The topological polar surface area (TPSA) is 60.4 Å². The Labute approximate surface area is 79.3 Å². The molecule has 0 saturated heterocycles. The second kappa shape index (κ2) is 3.69. The lowest BCUT2D eigenvalue weighted by Gasteiger charge is -2.26. The maximum Gasteiger partial charge on any atom is 0.108 e. The molecule has 0 heterocycles. The zero-order valence-electron chi connectivity index (χ0n) is 14.9. The van der Waals surface area contributed by atoms with Gasteiger partial charge in [0.05, 0.1) is 33.3 Å². The molecular formula is C7H15NO3. The molecule has 0 aliphatic heterocycles. The minimum atomic E-state index is -3.64. The van der Waals surface area contributed by atoms with Crippen LogP contribution >= 0.6 is 0 Å². The minimum Gasteiger partial charge on any atom is -0.550 e. The van der Waals surface area contributed by atoms with Crippen molar-refractivity contribution in [2.24, 2.45) is 0 Å². The first kappa shape index (κ1) is 2.71. The third-order valence-electron chi connectivity index (χ3n) is 0.664. The van der Waals surface area contributed by atoms with E-state index in [1.54, 1.807) is 0 Å². The zero-order chi connectivity index (χ0) is 16.8. The molecule has 0 aliphatic rings. The molecule has 0 radical (unpaired) electrons. The van der Waals surface area contributed by atoms with Crippen LogP contribution in [0.15, 0.2) is 0 Å². The summed E-state index contributed by atoms with van der Waals surface area (Å²) >= 11 is 0. The molecule has 4 heteroatoms. The second-order valence-corrected chi connectivity index (χ2v) is 2.11. The Balaban J connectivity index is 6.14. The first-order valence-electron chi connectivity index (χ1n) is 7.21. The lowest BCUT2D eigenvalue weighted by molar-refractivity contribution is -0.873. The van der Waals surface area contributed by atoms with Gasteiger partial charge in [-0.25, -0.2) is 0 Å². The van der Waals surface area contributed by atoms with Gasteiger partial charge in [0.15, 0.2) is 0 Å². The average Bonchev–Trinajstić information content (AvgIpc) is 2.09. The Morgan fingerprint density at radius 2 is 2.55 bits per heavy atom. The Kier molecular flexibility index (Phi) is 0.908. The fourth-order valence-electron chi connectivity index (χ4n) is 0.434. The van der Waals surface area contributed by atoms with Crippen LogP contribution in [0.25, 0.3) is 0 Å². The zero-order valence-corrected chi connectivity index (χ0v) is 5.92. The largest absolute Gasteiger partial charge is 0.550 e. The molecule has 0 spiro atoms. The van der Waals surface area contributed by atoms with Gasteiger partial charge in [-0.05, 0) is 0 Å². The number of carboxylic acid groups (broad SMARTS) is 1. The summed E-state index contributed by atoms with van der Waals surface area (Å²) in [6, 6.07) is 0.